The van der Waals surface area contributed by atoms with E-state index in [4.69, 9.17) is 13.9 Å². The van der Waals surface area contributed by atoms with E-state index in [0.29, 0.717) is 17.1 Å². The molecule has 0 aliphatic rings. The van der Waals surface area contributed by atoms with E-state index in [2.05, 4.69) is 0 Å². The summed E-state index contributed by atoms with van der Waals surface area (Å²) in [6.07, 6.45) is 3.71. The number of esters is 1. The molecule has 150 valence electrons. The van der Waals surface area contributed by atoms with Gasteiger partial charge in [-0.3, -0.25) is 4.79 Å². The monoisotopic (exact) mass is 412 g/mol. The van der Waals surface area contributed by atoms with E-state index < -0.39 is 16.8 Å². The van der Waals surface area contributed by atoms with Gasteiger partial charge in [0.25, 0.3) is 0 Å². The van der Waals surface area contributed by atoms with Crippen LogP contribution in [0.5, 0.6) is 5.75 Å². The van der Waals surface area contributed by atoms with Crippen molar-refractivity contribution in [3.05, 3.63) is 88.7 Å². The molecule has 6 nitrogen and oxygen atoms in total. The van der Waals surface area contributed by atoms with Crippen molar-refractivity contribution in [3.63, 3.8) is 0 Å². The largest absolute Gasteiger partial charge is 0.496 e. The second-order valence-electron chi connectivity index (χ2n) is 6.08. The number of hydrogen-bond acceptors (Lipinski definition) is 6. The fourth-order valence-corrected chi connectivity index (χ4v) is 3.99. The smallest absolute Gasteiger partial charge is 0.339 e. The highest BCUT2D eigenvalue weighted by Gasteiger charge is 2.32. The Morgan fingerprint density at radius 2 is 1.83 bits per heavy atom. The van der Waals surface area contributed by atoms with E-state index in [1.54, 1.807) is 6.92 Å². The zero-order valence-corrected chi connectivity index (χ0v) is 17.1. The van der Waals surface area contributed by atoms with Crippen LogP contribution < -0.4 is 14.9 Å². The fourth-order valence-electron chi connectivity index (χ4n) is 2.87. The summed E-state index contributed by atoms with van der Waals surface area (Å²) in [5.74, 6) is 0.231. The van der Waals surface area contributed by atoms with Crippen molar-refractivity contribution in [2.45, 2.75) is 23.6 Å². The number of aromatic nitrogens is 1. The Labute approximate surface area is 173 Å². The van der Waals surface area contributed by atoms with Gasteiger partial charge in [-0.1, -0.05) is 24.3 Å². The molecule has 3 aromatic rings. The summed E-state index contributed by atoms with van der Waals surface area (Å²) >= 11 is 1.32. The van der Waals surface area contributed by atoms with E-state index in [9.17, 15) is 9.59 Å². The van der Waals surface area contributed by atoms with E-state index in [-0.39, 0.29) is 13.2 Å². The van der Waals surface area contributed by atoms with Gasteiger partial charge in [0.2, 0.25) is 6.54 Å². The van der Waals surface area contributed by atoms with Gasteiger partial charge in [0.15, 0.2) is 18.2 Å². The number of nitrogens with zero attached hydrogens (tertiary/aromatic N) is 1. The topological polar surface area (TPSA) is 69.6 Å². The van der Waals surface area contributed by atoms with Crippen molar-refractivity contribution < 1.29 is 23.3 Å². The maximum absolute atomic E-state index is 12.9. The number of carbonyl (C=O) groups is 1. The number of rotatable bonds is 8. The standard InChI is InChI=1S/C22H22NO5S/c1-3-27-22(25)21(29-16-10-6-4-7-11-16)20-17(26-2)14-19(24)28-18(20)15-23-12-8-5-9-13-23/h4-14,21H,3,15H2,1-2H3/q+1. The van der Waals surface area contributed by atoms with Crippen LogP contribution in [0.1, 0.15) is 23.5 Å². The first-order chi connectivity index (χ1) is 14.1. The second kappa shape index (κ2) is 9.93. The number of ether oxygens (including phenoxy) is 2. The van der Waals surface area contributed by atoms with Crippen LogP contribution in [0.4, 0.5) is 0 Å². The van der Waals surface area contributed by atoms with E-state index in [1.807, 2.05) is 65.5 Å². The molecule has 0 radical (unpaired) electrons. The molecular formula is C22H22NO5S+. The lowest BCUT2D eigenvalue weighted by Crippen LogP contribution is -2.34. The highest BCUT2D eigenvalue weighted by Crippen LogP contribution is 2.41. The first-order valence-corrected chi connectivity index (χ1v) is 10.0. The number of hydrogen-bond donors (Lipinski definition) is 0. The Balaban J connectivity index is 2.11. The first kappa shape index (κ1) is 20.7. The molecule has 0 fully saturated rings. The molecule has 2 aromatic heterocycles. The molecule has 0 saturated carbocycles. The maximum Gasteiger partial charge on any atom is 0.339 e. The molecule has 1 unspecified atom stereocenters. The molecule has 2 heterocycles. The lowest BCUT2D eigenvalue weighted by Gasteiger charge is -2.19. The Bertz CT molecular complexity index is 1000. The number of methoxy groups -OCH3 is 1. The van der Waals surface area contributed by atoms with E-state index >= 15 is 0 Å². The third-order valence-corrected chi connectivity index (χ3v) is 5.33. The van der Waals surface area contributed by atoms with Gasteiger partial charge in [-0.05, 0) is 19.1 Å². The van der Waals surface area contributed by atoms with Crippen molar-refractivity contribution in [2.75, 3.05) is 13.7 Å². The molecule has 0 aliphatic heterocycles. The molecule has 0 N–H and O–H groups in total. The Morgan fingerprint density at radius 3 is 2.48 bits per heavy atom. The van der Waals surface area contributed by atoms with Gasteiger partial charge >= 0.3 is 11.6 Å². The fraction of sp³-hybridized carbons (Fsp3) is 0.227. The molecule has 0 bridgehead atoms. The molecule has 0 aliphatic carbocycles. The second-order valence-corrected chi connectivity index (χ2v) is 7.26. The predicted molar refractivity (Wildman–Crippen MR) is 109 cm³/mol. The molecule has 0 saturated heterocycles. The van der Waals surface area contributed by atoms with Crippen molar-refractivity contribution in [1.82, 2.24) is 0 Å². The number of thioether (sulfide) groups is 1. The molecular weight excluding hydrogens is 390 g/mol. The minimum Gasteiger partial charge on any atom is -0.496 e. The predicted octanol–water partition coefficient (Wildman–Crippen LogP) is 3.38. The zero-order valence-electron chi connectivity index (χ0n) is 16.2. The molecule has 0 spiro atoms. The Morgan fingerprint density at radius 1 is 1.14 bits per heavy atom. The summed E-state index contributed by atoms with van der Waals surface area (Å²) in [7, 11) is 1.47. The van der Waals surface area contributed by atoms with Crippen LogP contribution in [0.2, 0.25) is 0 Å². The average Bonchev–Trinajstić information content (AvgIpc) is 2.73. The van der Waals surface area contributed by atoms with Gasteiger partial charge < -0.3 is 13.9 Å². The quantitative estimate of drug-likeness (QED) is 0.321. The summed E-state index contributed by atoms with van der Waals surface area (Å²) in [6, 6.07) is 16.4. The van der Waals surface area contributed by atoms with Crippen molar-refractivity contribution >= 4 is 17.7 Å². The van der Waals surface area contributed by atoms with Crippen molar-refractivity contribution in [2.24, 2.45) is 0 Å². The molecule has 29 heavy (non-hydrogen) atoms. The molecule has 1 aromatic carbocycles. The van der Waals surface area contributed by atoms with Gasteiger partial charge in [0, 0.05) is 17.0 Å². The normalized spacial score (nSPS) is 11.7. The summed E-state index contributed by atoms with van der Waals surface area (Å²) < 4.78 is 18.2. The Hall–Kier alpha value is -3.06. The highest BCUT2D eigenvalue weighted by atomic mass is 32.2. The third-order valence-electron chi connectivity index (χ3n) is 4.12. The van der Waals surface area contributed by atoms with Crippen LogP contribution in [-0.2, 0) is 16.1 Å². The number of pyridine rings is 1. The minimum absolute atomic E-state index is 0.243. The van der Waals surface area contributed by atoms with E-state index in [1.165, 1.54) is 24.9 Å². The summed E-state index contributed by atoms with van der Waals surface area (Å²) in [5, 5.41) is -0.754. The summed E-state index contributed by atoms with van der Waals surface area (Å²) in [6.45, 7) is 2.27. The van der Waals surface area contributed by atoms with Crippen molar-refractivity contribution in [1.29, 1.82) is 0 Å². The van der Waals surface area contributed by atoms with Gasteiger partial charge in [0.1, 0.15) is 11.0 Å². The van der Waals surface area contributed by atoms with Crippen LogP contribution in [0.25, 0.3) is 0 Å². The number of carbonyl (C=O) groups excluding carboxylic acids is 1. The SMILES string of the molecule is CCOC(=O)C(Sc1ccccc1)c1c(OC)cc(=O)oc1C[n+]1ccccc1. The maximum atomic E-state index is 12.9. The van der Waals surface area contributed by atoms with Crippen LogP contribution in [0, 0.1) is 0 Å². The Kier molecular flexibility index (Phi) is 7.08. The van der Waals surface area contributed by atoms with Crippen LogP contribution in [-0.4, -0.2) is 19.7 Å². The van der Waals surface area contributed by atoms with Gasteiger partial charge in [0.05, 0.1) is 25.3 Å². The van der Waals surface area contributed by atoms with Gasteiger partial charge in [-0.15, -0.1) is 11.8 Å². The summed E-state index contributed by atoms with van der Waals surface area (Å²) in [5.41, 5.74) is -0.0415. The van der Waals surface area contributed by atoms with Crippen LogP contribution in [0.3, 0.4) is 0 Å². The third kappa shape index (κ3) is 5.26. The van der Waals surface area contributed by atoms with E-state index in [0.717, 1.165) is 4.90 Å². The van der Waals surface area contributed by atoms with Crippen LogP contribution in [0.15, 0.2) is 81.1 Å². The average molecular weight is 412 g/mol. The minimum atomic E-state index is -0.754. The molecule has 7 heteroatoms. The van der Waals surface area contributed by atoms with Crippen molar-refractivity contribution in [3.8, 4) is 5.75 Å². The summed E-state index contributed by atoms with van der Waals surface area (Å²) in [4.78, 5) is 25.9. The highest BCUT2D eigenvalue weighted by molar-refractivity contribution is 8.00. The molecule has 3 rings (SSSR count). The number of benzene rings is 1. The van der Waals surface area contributed by atoms with Gasteiger partial charge in [-0.2, -0.15) is 4.57 Å². The zero-order chi connectivity index (χ0) is 20.6. The lowest BCUT2D eigenvalue weighted by atomic mass is 10.1. The van der Waals surface area contributed by atoms with Crippen LogP contribution >= 0.6 is 11.8 Å². The first-order valence-electron chi connectivity index (χ1n) is 9.15. The lowest BCUT2D eigenvalue weighted by molar-refractivity contribution is -0.690. The molecule has 0 amide bonds. The van der Waals surface area contributed by atoms with Gasteiger partial charge in [-0.25, -0.2) is 4.79 Å². The molecule has 1 atom stereocenters.